The fraction of sp³-hybridized carbons (Fsp3) is 0.444. The number of fused-ring (bicyclic) bond motifs is 1. The molecule has 3 heterocycles. The number of nitrogens with one attached hydrogen (secondary N) is 1. The van der Waals surface area contributed by atoms with Crippen molar-refractivity contribution in [1.29, 1.82) is 0 Å². The van der Waals surface area contributed by atoms with Gasteiger partial charge in [0.2, 0.25) is 11.8 Å². The van der Waals surface area contributed by atoms with Crippen LogP contribution in [-0.4, -0.2) is 77.3 Å². The van der Waals surface area contributed by atoms with Crippen molar-refractivity contribution in [2.75, 3.05) is 51.1 Å². The zero-order valence-electron chi connectivity index (χ0n) is 20.2. The van der Waals surface area contributed by atoms with E-state index >= 15 is 0 Å². The number of likely N-dealkylation sites (tertiary alicyclic amines) is 1. The third-order valence-electron chi connectivity index (χ3n) is 7.24. The molecule has 0 saturated carbocycles. The molecule has 2 aliphatic rings. The molecule has 2 aliphatic heterocycles. The molecule has 0 aliphatic carbocycles. The van der Waals surface area contributed by atoms with Crippen LogP contribution in [0.3, 0.4) is 0 Å². The van der Waals surface area contributed by atoms with Crippen LogP contribution in [-0.2, 0) is 9.59 Å². The molecular weight excluding hydrogens is 458 g/mol. The van der Waals surface area contributed by atoms with E-state index in [2.05, 4.69) is 40.2 Å². The fourth-order valence-electron chi connectivity index (χ4n) is 4.98. The van der Waals surface area contributed by atoms with E-state index in [-0.39, 0.29) is 23.8 Å². The van der Waals surface area contributed by atoms with Gasteiger partial charge in [0.15, 0.2) is 0 Å². The van der Waals surface area contributed by atoms with Crippen LogP contribution in [0.4, 0.5) is 5.69 Å². The Balaban J connectivity index is 1.05. The number of piperazine rings is 1. The van der Waals surface area contributed by atoms with E-state index in [1.54, 1.807) is 11.3 Å². The standard InChI is InChI=1S/C27H33N5O2S/c1-20(27-29-23-9-5-6-10-24(23)35-27)31-17-15-30(16-18-31)19-25(33)32-13-11-21(12-14-32)26(34)28-22-7-3-2-4-8-22/h2-10,20-21H,11-19H2,1H3,(H,28,34)/t20-/m0/s1. The Morgan fingerprint density at radius 1 is 0.971 bits per heavy atom. The van der Waals surface area contributed by atoms with Gasteiger partial charge in [-0.05, 0) is 44.0 Å². The topological polar surface area (TPSA) is 68.8 Å². The highest BCUT2D eigenvalue weighted by Gasteiger charge is 2.30. The maximum Gasteiger partial charge on any atom is 0.236 e. The number of nitrogens with zero attached hydrogens (tertiary/aromatic N) is 4. The van der Waals surface area contributed by atoms with E-state index in [0.29, 0.717) is 19.6 Å². The van der Waals surface area contributed by atoms with Gasteiger partial charge in [-0.1, -0.05) is 30.3 Å². The number of rotatable bonds is 6. The molecule has 2 aromatic carbocycles. The van der Waals surface area contributed by atoms with Crippen molar-refractivity contribution in [3.05, 3.63) is 59.6 Å². The molecule has 0 spiro atoms. The molecule has 0 radical (unpaired) electrons. The van der Waals surface area contributed by atoms with Crippen molar-refractivity contribution < 1.29 is 9.59 Å². The Morgan fingerprint density at radius 3 is 2.37 bits per heavy atom. The molecule has 2 amide bonds. The zero-order valence-corrected chi connectivity index (χ0v) is 21.0. The van der Waals surface area contributed by atoms with Crippen molar-refractivity contribution in [3.8, 4) is 0 Å². The van der Waals surface area contributed by atoms with Gasteiger partial charge in [0.1, 0.15) is 5.01 Å². The lowest BCUT2D eigenvalue weighted by atomic mass is 9.95. The van der Waals surface area contributed by atoms with Gasteiger partial charge < -0.3 is 10.2 Å². The molecule has 1 aromatic heterocycles. The molecule has 0 unspecified atom stereocenters. The van der Waals surface area contributed by atoms with Gasteiger partial charge in [0.05, 0.1) is 22.8 Å². The Labute approximate surface area is 210 Å². The third-order valence-corrected chi connectivity index (χ3v) is 8.45. The first-order chi connectivity index (χ1) is 17.1. The second-order valence-electron chi connectivity index (χ2n) is 9.52. The number of amides is 2. The highest BCUT2D eigenvalue weighted by Crippen LogP contribution is 2.30. The minimum atomic E-state index is -0.0354. The summed E-state index contributed by atoms with van der Waals surface area (Å²) in [5, 5.41) is 4.16. The van der Waals surface area contributed by atoms with Crippen LogP contribution in [0.15, 0.2) is 54.6 Å². The second-order valence-corrected chi connectivity index (χ2v) is 10.6. The lowest BCUT2D eigenvalue weighted by Gasteiger charge is -2.38. The summed E-state index contributed by atoms with van der Waals surface area (Å²) in [7, 11) is 0. The Kier molecular flexibility index (Phi) is 7.41. The number of hydrogen-bond donors (Lipinski definition) is 1. The monoisotopic (exact) mass is 491 g/mol. The van der Waals surface area contributed by atoms with Gasteiger partial charge in [-0.15, -0.1) is 11.3 Å². The molecular formula is C27H33N5O2S. The smallest absolute Gasteiger partial charge is 0.236 e. The van der Waals surface area contributed by atoms with Gasteiger partial charge in [-0.3, -0.25) is 19.4 Å². The van der Waals surface area contributed by atoms with Crippen molar-refractivity contribution in [2.24, 2.45) is 5.92 Å². The molecule has 1 N–H and O–H groups in total. The fourth-order valence-corrected chi connectivity index (χ4v) is 6.04. The van der Waals surface area contributed by atoms with E-state index in [0.717, 1.165) is 55.2 Å². The summed E-state index contributed by atoms with van der Waals surface area (Å²) in [5.74, 6) is 0.202. The predicted molar refractivity (Wildman–Crippen MR) is 140 cm³/mol. The average Bonchev–Trinajstić information content (AvgIpc) is 3.34. The predicted octanol–water partition coefficient (Wildman–Crippen LogP) is 3.85. The van der Waals surface area contributed by atoms with E-state index in [4.69, 9.17) is 4.98 Å². The molecule has 0 bridgehead atoms. The van der Waals surface area contributed by atoms with Crippen LogP contribution < -0.4 is 5.32 Å². The van der Waals surface area contributed by atoms with Crippen molar-refractivity contribution in [1.82, 2.24) is 19.7 Å². The average molecular weight is 492 g/mol. The summed E-state index contributed by atoms with van der Waals surface area (Å²) >= 11 is 1.78. The summed E-state index contributed by atoms with van der Waals surface area (Å²) in [4.78, 5) is 37.0. The van der Waals surface area contributed by atoms with Crippen LogP contribution in [0.25, 0.3) is 10.2 Å². The number of carbonyl (C=O) groups is 2. The molecule has 3 aromatic rings. The molecule has 5 rings (SSSR count). The minimum Gasteiger partial charge on any atom is -0.342 e. The van der Waals surface area contributed by atoms with Gasteiger partial charge in [0.25, 0.3) is 0 Å². The number of benzene rings is 2. The highest BCUT2D eigenvalue weighted by atomic mass is 32.1. The SMILES string of the molecule is C[C@@H](c1nc2ccccc2s1)N1CCN(CC(=O)N2CCC(C(=O)Nc3ccccc3)CC2)CC1. The first-order valence-electron chi connectivity index (χ1n) is 12.5. The summed E-state index contributed by atoms with van der Waals surface area (Å²) in [6.07, 6.45) is 1.44. The summed E-state index contributed by atoms with van der Waals surface area (Å²) in [6.45, 7) is 7.65. The zero-order chi connectivity index (χ0) is 24.2. The number of thiazole rings is 1. The highest BCUT2D eigenvalue weighted by molar-refractivity contribution is 7.18. The first kappa shape index (κ1) is 23.9. The molecule has 7 nitrogen and oxygen atoms in total. The number of anilines is 1. The van der Waals surface area contributed by atoms with E-state index in [1.165, 1.54) is 4.70 Å². The van der Waals surface area contributed by atoms with E-state index < -0.39 is 0 Å². The van der Waals surface area contributed by atoms with Crippen LogP contribution in [0.5, 0.6) is 0 Å². The van der Waals surface area contributed by atoms with Crippen LogP contribution in [0.2, 0.25) is 0 Å². The normalized spacial score (nSPS) is 19.1. The maximum absolute atomic E-state index is 12.9. The molecule has 2 saturated heterocycles. The molecule has 1 atom stereocenters. The number of piperidine rings is 1. The van der Waals surface area contributed by atoms with Gasteiger partial charge >= 0.3 is 0 Å². The maximum atomic E-state index is 12.9. The van der Waals surface area contributed by atoms with Crippen LogP contribution >= 0.6 is 11.3 Å². The summed E-state index contributed by atoms with van der Waals surface area (Å²) < 4.78 is 1.24. The number of hydrogen-bond acceptors (Lipinski definition) is 6. The van der Waals surface area contributed by atoms with Gasteiger partial charge in [-0.2, -0.15) is 0 Å². The van der Waals surface area contributed by atoms with Crippen LogP contribution in [0.1, 0.15) is 30.8 Å². The summed E-state index contributed by atoms with van der Waals surface area (Å²) in [5.41, 5.74) is 1.90. The van der Waals surface area contributed by atoms with Gasteiger partial charge in [-0.25, -0.2) is 4.98 Å². The quantitative estimate of drug-likeness (QED) is 0.567. The molecule has 2 fully saturated rings. The Morgan fingerprint density at radius 2 is 1.66 bits per heavy atom. The van der Waals surface area contributed by atoms with E-state index in [1.807, 2.05) is 41.3 Å². The summed E-state index contributed by atoms with van der Waals surface area (Å²) in [6, 6.07) is 18.1. The largest absolute Gasteiger partial charge is 0.342 e. The number of aromatic nitrogens is 1. The third kappa shape index (κ3) is 5.72. The number of carbonyl (C=O) groups excluding carboxylic acids is 2. The minimum absolute atomic E-state index is 0.0354. The van der Waals surface area contributed by atoms with Crippen molar-refractivity contribution in [3.63, 3.8) is 0 Å². The molecule has 184 valence electrons. The lowest BCUT2D eigenvalue weighted by molar-refractivity contribution is -0.136. The van der Waals surface area contributed by atoms with Crippen molar-refractivity contribution in [2.45, 2.75) is 25.8 Å². The number of para-hydroxylation sites is 2. The lowest BCUT2D eigenvalue weighted by Crippen LogP contribution is -2.51. The molecule has 8 heteroatoms. The van der Waals surface area contributed by atoms with Crippen LogP contribution in [0, 0.1) is 5.92 Å². The Hall–Kier alpha value is -2.81. The Bertz CT molecular complexity index is 1120. The van der Waals surface area contributed by atoms with Crippen molar-refractivity contribution >= 4 is 39.1 Å². The molecule has 35 heavy (non-hydrogen) atoms. The van der Waals surface area contributed by atoms with E-state index in [9.17, 15) is 9.59 Å². The first-order valence-corrected chi connectivity index (χ1v) is 13.3. The van der Waals surface area contributed by atoms with Gasteiger partial charge in [0, 0.05) is 50.9 Å². The second kappa shape index (κ2) is 10.8.